The Hall–Kier alpha value is -2.89. The molecule has 2 aromatic carbocycles. The highest BCUT2D eigenvalue weighted by atomic mass is 16.6. The van der Waals surface area contributed by atoms with Crippen LogP contribution in [0.2, 0.25) is 0 Å². The van der Waals surface area contributed by atoms with Crippen molar-refractivity contribution in [2.45, 2.75) is 77.4 Å². The Morgan fingerprint density at radius 2 is 1.70 bits per heavy atom. The van der Waals surface area contributed by atoms with Crippen LogP contribution in [0, 0.1) is 11.8 Å². The highest BCUT2D eigenvalue weighted by Crippen LogP contribution is 2.32. The fraction of sp³-hybridized carbons (Fsp3) is 0.519. The lowest BCUT2D eigenvalue weighted by atomic mass is 9.79. The fourth-order valence-electron chi connectivity index (χ4n) is 4.52. The van der Waals surface area contributed by atoms with E-state index in [0.29, 0.717) is 25.2 Å². The van der Waals surface area contributed by atoms with Crippen LogP contribution >= 0.6 is 0 Å². The number of rotatable bonds is 8. The second kappa shape index (κ2) is 10.8. The van der Waals surface area contributed by atoms with Gasteiger partial charge in [-0.3, -0.25) is 9.59 Å². The minimum absolute atomic E-state index is 0.179. The van der Waals surface area contributed by atoms with Crippen LogP contribution in [0.4, 0.5) is 0 Å². The molecule has 1 fully saturated rings. The van der Waals surface area contributed by atoms with Crippen molar-refractivity contribution in [3.05, 3.63) is 48.0 Å². The zero-order chi connectivity index (χ0) is 24.0. The van der Waals surface area contributed by atoms with Crippen molar-refractivity contribution < 1.29 is 24.2 Å². The molecule has 6 heteroatoms. The first-order chi connectivity index (χ1) is 15.6. The van der Waals surface area contributed by atoms with Crippen molar-refractivity contribution in [3.63, 3.8) is 0 Å². The molecule has 178 valence electrons. The summed E-state index contributed by atoms with van der Waals surface area (Å²) in [6.45, 7) is 5.58. The van der Waals surface area contributed by atoms with E-state index < -0.39 is 17.6 Å². The molecule has 33 heavy (non-hydrogen) atoms. The molecule has 0 aliphatic heterocycles. The molecule has 0 radical (unpaired) electrons. The van der Waals surface area contributed by atoms with Crippen LogP contribution in [0.3, 0.4) is 0 Å². The summed E-state index contributed by atoms with van der Waals surface area (Å²) >= 11 is 0. The van der Waals surface area contributed by atoms with Crippen molar-refractivity contribution in [3.8, 4) is 0 Å². The van der Waals surface area contributed by atoms with E-state index in [2.05, 4.69) is 5.32 Å². The molecule has 1 amide bonds. The summed E-state index contributed by atoms with van der Waals surface area (Å²) in [5.41, 5.74) is 0.410. The maximum absolute atomic E-state index is 12.8. The number of carboxylic acid groups (broad SMARTS) is 1. The molecular formula is C27H35NO5. The Kier molecular flexibility index (Phi) is 8.11. The molecular weight excluding hydrogens is 418 g/mol. The Morgan fingerprint density at radius 1 is 1.03 bits per heavy atom. The number of benzene rings is 2. The topological polar surface area (TPSA) is 92.7 Å². The van der Waals surface area contributed by atoms with E-state index in [4.69, 9.17) is 4.74 Å². The van der Waals surface area contributed by atoms with Gasteiger partial charge >= 0.3 is 11.9 Å². The lowest BCUT2D eigenvalue weighted by molar-refractivity contribution is -0.155. The molecule has 0 spiro atoms. The molecule has 1 aliphatic carbocycles. The predicted octanol–water partition coefficient (Wildman–Crippen LogP) is 4.88. The van der Waals surface area contributed by atoms with Crippen LogP contribution in [-0.2, 0) is 25.5 Å². The van der Waals surface area contributed by atoms with Crippen LogP contribution in [0.5, 0.6) is 0 Å². The molecule has 0 bridgehead atoms. The van der Waals surface area contributed by atoms with E-state index in [0.717, 1.165) is 35.6 Å². The van der Waals surface area contributed by atoms with Crippen molar-refractivity contribution in [2.24, 2.45) is 11.8 Å². The summed E-state index contributed by atoms with van der Waals surface area (Å²) in [7, 11) is 0. The van der Waals surface area contributed by atoms with Crippen molar-refractivity contribution in [1.82, 2.24) is 5.32 Å². The minimum atomic E-state index is -1.03. The fourth-order valence-corrected chi connectivity index (χ4v) is 4.52. The van der Waals surface area contributed by atoms with Gasteiger partial charge in [0.25, 0.3) is 0 Å². The molecule has 3 rings (SSSR count). The van der Waals surface area contributed by atoms with Gasteiger partial charge < -0.3 is 15.2 Å². The first-order valence-corrected chi connectivity index (χ1v) is 11.8. The van der Waals surface area contributed by atoms with Gasteiger partial charge in [-0.1, -0.05) is 42.5 Å². The molecule has 1 aliphatic rings. The third kappa shape index (κ3) is 7.58. The third-order valence-electron chi connectivity index (χ3n) is 6.26. The lowest BCUT2D eigenvalue weighted by Gasteiger charge is -2.29. The largest absolute Gasteiger partial charge is 0.480 e. The van der Waals surface area contributed by atoms with Gasteiger partial charge in [-0.2, -0.15) is 0 Å². The number of aliphatic carboxylic acids is 1. The molecule has 0 aromatic heterocycles. The summed E-state index contributed by atoms with van der Waals surface area (Å²) < 4.78 is 5.37. The SMILES string of the molecule is CC(C)(C)OC(=O)CCC1CCC(C(=O)N[C@@H](Cc2ccc3ccccc3c2)C(=O)O)CC1. The minimum Gasteiger partial charge on any atom is -0.480 e. The summed E-state index contributed by atoms with van der Waals surface area (Å²) in [5.74, 6) is -1.17. The van der Waals surface area contributed by atoms with Crippen molar-refractivity contribution >= 4 is 28.6 Å². The summed E-state index contributed by atoms with van der Waals surface area (Å²) in [5, 5.41) is 14.6. The van der Waals surface area contributed by atoms with E-state index in [1.165, 1.54) is 0 Å². The zero-order valence-corrected chi connectivity index (χ0v) is 19.8. The van der Waals surface area contributed by atoms with E-state index in [-0.39, 0.29) is 24.2 Å². The Labute approximate surface area is 195 Å². The number of carbonyl (C=O) groups is 3. The summed E-state index contributed by atoms with van der Waals surface area (Å²) in [4.78, 5) is 36.6. The number of nitrogens with one attached hydrogen (secondary N) is 1. The van der Waals surface area contributed by atoms with Gasteiger partial charge in [-0.25, -0.2) is 4.79 Å². The van der Waals surface area contributed by atoms with E-state index in [1.54, 1.807) is 0 Å². The number of carbonyl (C=O) groups excluding carboxylic acids is 2. The van der Waals surface area contributed by atoms with Crippen LogP contribution < -0.4 is 5.32 Å². The first kappa shape index (κ1) is 24.7. The van der Waals surface area contributed by atoms with E-state index in [1.807, 2.05) is 63.2 Å². The molecule has 1 saturated carbocycles. The second-order valence-corrected chi connectivity index (χ2v) is 10.1. The zero-order valence-electron chi connectivity index (χ0n) is 19.8. The van der Waals surface area contributed by atoms with Gasteiger partial charge in [0.2, 0.25) is 5.91 Å². The van der Waals surface area contributed by atoms with Crippen LogP contribution in [0.15, 0.2) is 42.5 Å². The molecule has 0 saturated heterocycles. The number of ether oxygens (including phenoxy) is 1. The summed E-state index contributed by atoms with van der Waals surface area (Å²) in [6, 6.07) is 12.8. The normalized spacial score (nSPS) is 19.6. The molecule has 0 heterocycles. The average molecular weight is 454 g/mol. The quantitative estimate of drug-likeness (QED) is 0.556. The van der Waals surface area contributed by atoms with Crippen LogP contribution in [0.25, 0.3) is 10.8 Å². The van der Waals surface area contributed by atoms with Gasteiger partial charge in [0.05, 0.1) is 0 Å². The maximum Gasteiger partial charge on any atom is 0.326 e. The molecule has 2 aromatic rings. The summed E-state index contributed by atoms with van der Waals surface area (Å²) in [6.07, 6.45) is 4.57. The number of esters is 1. The highest BCUT2D eigenvalue weighted by molar-refractivity contribution is 5.86. The second-order valence-electron chi connectivity index (χ2n) is 10.1. The number of hydrogen-bond acceptors (Lipinski definition) is 4. The number of fused-ring (bicyclic) bond motifs is 1. The Balaban J connectivity index is 1.48. The van der Waals surface area contributed by atoms with Crippen molar-refractivity contribution in [2.75, 3.05) is 0 Å². The van der Waals surface area contributed by atoms with Gasteiger partial charge in [-0.15, -0.1) is 0 Å². The number of carboxylic acids is 1. The first-order valence-electron chi connectivity index (χ1n) is 11.8. The smallest absolute Gasteiger partial charge is 0.326 e. The average Bonchev–Trinajstić information content (AvgIpc) is 2.76. The standard InChI is InChI=1S/C27H35NO5/c1-27(2,3)33-24(29)15-11-18-8-13-21(14-9-18)25(30)28-23(26(31)32)17-19-10-12-20-6-4-5-7-22(20)16-19/h4-7,10,12,16,18,21,23H,8-9,11,13-15,17H2,1-3H3,(H,28,30)(H,31,32)/t18?,21?,23-/m0/s1. The maximum atomic E-state index is 12.8. The Bertz CT molecular complexity index is 985. The monoisotopic (exact) mass is 453 g/mol. The highest BCUT2D eigenvalue weighted by Gasteiger charge is 2.30. The van der Waals surface area contributed by atoms with Crippen LogP contribution in [-0.4, -0.2) is 34.6 Å². The molecule has 0 unspecified atom stereocenters. The molecule has 6 nitrogen and oxygen atoms in total. The van der Waals surface area contributed by atoms with Gasteiger partial charge in [-0.05, 0) is 75.1 Å². The predicted molar refractivity (Wildman–Crippen MR) is 128 cm³/mol. The molecule has 1 atom stereocenters. The lowest BCUT2D eigenvalue weighted by Crippen LogP contribution is -2.45. The third-order valence-corrected chi connectivity index (χ3v) is 6.26. The Morgan fingerprint density at radius 3 is 2.33 bits per heavy atom. The van der Waals surface area contributed by atoms with Gasteiger partial charge in [0.15, 0.2) is 0 Å². The van der Waals surface area contributed by atoms with E-state index in [9.17, 15) is 19.5 Å². The van der Waals surface area contributed by atoms with Gasteiger partial charge in [0, 0.05) is 18.8 Å². The molecule has 2 N–H and O–H groups in total. The van der Waals surface area contributed by atoms with E-state index >= 15 is 0 Å². The van der Waals surface area contributed by atoms with Gasteiger partial charge in [0.1, 0.15) is 11.6 Å². The number of hydrogen-bond donors (Lipinski definition) is 2. The van der Waals surface area contributed by atoms with Crippen molar-refractivity contribution in [1.29, 1.82) is 0 Å². The number of amides is 1. The van der Waals surface area contributed by atoms with Crippen LogP contribution in [0.1, 0.15) is 64.9 Å².